The smallest absolute Gasteiger partial charge is 0.248 e. The average molecular weight is 669 g/mol. The summed E-state index contributed by atoms with van der Waals surface area (Å²) in [4.78, 5) is 28.6. The zero-order valence-corrected chi connectivity index (χ0v) is 26.1. The highest BCUT2D eigenvalue weighted by Crippen LogP contribution is 2.37. The van der Waals surface area contributed by atoms with Crippen LogP contribution in [0.1, 0.15) is 59.3 Å². The summed E-state index contributed by atoms with van der Waals surface area (Å²) in [5.74, 6) is 2.00. The number of halogens is 1. The van der Waals surface area contributed by atoms with Crippen LogP contribution >= 0.6 is 22.6 Å². The third-order valence-electron chi connectivity index (χ3n) is 8.57. The van der Waals surface area contributed by atoms with Crippen molar-refractivity contribution in [1.29, 1.82) is 0 Å². The maximum absolute atomic E-state index is 13.8. The van der Waals surface area contributed by atoms with E-state index in [1.54, 1.807) is 11.0 Å². The fourth-order valence-corrected chi connectivity index (χ4v) is 6.55. The molecule has 0 radical (unpaired) electrons. The molecule has 40 heavy (non-hydrogen) atoms. The summed E-state index contributed by atoms with van der Waals surface area (Å²) in [6, 6.07) is 6.88. The van der Waals surface area contributed by atoms with Crippen LogP contribution in [-0.2, 0) is 14.3 Å². The number of para-hydroxylation sites is 1. The van der Waals surface area contributed by atoms with Crippen LogP contribution in [-0.4, -0.2) is 77.6 Å². The lowest BCUT2D eigenvalue weighted by atomic mass is 9.75. The van der Waals surface area contributed by atoms with Gasteiger partial charge in [0.2, 0.25) is 11.8 Å². The van der Waals surface area contributed by atoms with Gasteiger partial charge in [-0.25, -0.2) is 0 Å². The van der Waals surface area contributed by atoms with Gasteiger partial charge < -0.3 is 29.9 Å². The predicted molar refractivity (Wildman–Crippen MR) is 162 cm³/mol. The largest absolute Gasteiger partial charge is 0.482 e. The topological polar surface area (TPSA) is 108 Å². The fraction of sp³-hybridized carbons (Fsp3) is 0.677. The summed E-state index contributed by atoms with van der Waals surface area (Å²) in [6.07, 6.45) is 5.41. The van der Waals surface area contributed by atoms with Crippen LogP contribution in [0.25, 0.3) is 0 Å². The normalized spacial score (nSPS) is 28.6. The quantitative estimate of drug-likeness (QED) is 0.292. The first-order valence-electron chi connectivity index (χ1n) is 14.8. The Bertz CT molecular complexity index is 1040. The van der Waals surface area contributed by atoms with Crippen molar-refractivity contribution in [2.24, 2.45) is 23.7 Å². The van der Waals surface area contributed by atoms with E-state index in [9.17, 15) is 19.8 Å². The fourth-order valence-electron chi connectivity index (χ4n) is 6.03. The highest BCUT2D eigenvalue weighted by molar-refractivity contribution is 14.1. The molecule has 1 aromatic carbocycles. The first kappa shape index (κ1) is 31.3. The van der Waals surface area contributed by atoms with Crippen LogP contribution in [0.4, 0.5) is 0 Å². The summed E-state index contributed by atoms with van der Waals surface area (Å²) < 4.78 is 13.5. The number of benzene rings is 1. The van der Waals surface area contributed by atoms with Crippen molar-refractivity contribution < 1.29 is 29.3 Å². The number of amides is 2. The standard InChI is InChI=1S/C31H45IN2O6/c1-19(2)23-11-8-20(3)14-27(23)39-18-29(36)34(17-21-9-10-21)25-15-22(31(38)33-12-13-35)16-28(30(25)37)40-26-7-5-4-6-24(26)32/h4-7,16,19-21,23,25,27-28,30,35,37H,8-15,17-18H2,1-3H3,(H,33,38). The minimum absolute atomic E-state index is 0.0333. The molecule has 1 aromatic rings. The maximum Gasteiger partial charge on any atom is 0.248 e. The minimum Gasteiger partial charge on any atom is -0.482 e. The molecule has 0 aliphatic heterocycles. The Morgan fingerprint density at radius 2 is 1.93 bits per heavy atom. The van der Waals surface area contributed by atoms with Crippen LogP contribution in [0, 0.1) is 27.2 Å². The Kier molecular flexibility index (Phi) is 11.3. The van der Waals surface area contributed by atoms with Crippen molar-refractivity contribution in [3.8, 4) is 5.75 Å². The van der Waals surface area contributed by atoms with E-state index >= 15 is 0 Å². The highest BCUT2D eigenvalue weighted by Gasteiger charge is 2.42. The van der Waals surface area contributed by atoms with Crippen LogP contribution in [0.2, 0.25) is 0 Å². The molecule has 0 heterocycles. The Morgan fingerprint density at radius 1 is 1.18 bits per heavy atom. The first-order valence-corrected chi connectivity index (χ1v) is 15.9. The molecule has 0 spiro atoms. The predicted octanol–water partition coefficient (Wildman–Crippen LogP) is 3.92. The number of nitrogens with one attached hydrogen (secondary N) is 1. The van der Waals surface area contributed by atoms with Crippen LogP contribution in [0.5, 0.6) is 5.75 Å². The van der Waals surface area contributed by atoms with Gasteiger partial charge in [-0.05, 0) is 90.2 Å². The lowest BCUT2D eigenvalue weighted by molar-refractivity contribution is -0.148. The molecule has 2 amide bonds. The van der Waals surface area contributed by atoms with E-state index < -0.39 is 18.2 Å². The van der Waals surface area contributed by atoms with E-state index in [-0.39, 0.29) is 44.1 Å². The number of nitrogens with zero attached hydrogens (tertiary/aromatic N) is 1. The minimum atomic E-state index is -1.02. The van der Waals surface area contributed by atoms with Gasteiger partial charge in [0.15, 0.2) is 0 Å². The number of aliphatic hydroxyl groups is 2. The van der Waals surface area contributed by atoms with E-state index in [2.05, 4.69) is 48.7 Å². The molecular weight excluding hydrogens is 623 g/mol. The molecule has 8 nitrogen and oxygen atoms in total. The second-order valence-corrected chi connectivity index (χ2v) is 13.3. The van der Waals surface area contributed by atoms with Gasteiger partial charge in [0.05, 0.1) is 22.3 Å². The van der Waals surface area contributed by atoms with Crippen molar-refractivity contribution >= 4 is 34.4 Å². The van der Waals surface area contributed by atoms with E-state index in [1.165, 1.54) is 6.42 Å². The maximum atomic E-state index is 13.8. The lowest BCUT2D eigenvalue weighted by Gasteiger charge is -2.41. The SMILES string of the molecule is CC1CCC(C(C)C)C(OCC(=O)N(CC2CC2)C2CC(C(=O)NCCO)=CC(Oc3ccccc3I)C2O)C1. The summed E-state index contributed by atoms with van der Waals surface area (Å²) in [5, 5.41) is 23.5. The van der Waals surface area contributed by atoms with Gasteiger partial charge in [-0.2, -0.15) is 0 Å². The van der Waals surface area contributed by atoms with Gasteiger partial charge in [-0.3, -0.25) is 9.59 Å². The third kappa shape index (κ3) is 8.20. The zero-order valence-electron chi connectivity index (χ0n) is 23.9. The average Bonchev–Trinajstić information content (AvgIpc) is 3.75. The molecule has 0 aromatic heterocycles. The number of rotatable bonds is 12. The Balaban J connectivity index is 1.55. The van der Waals surface area contributed by atoms with Crippen molar-refractivity contribution in [1.82, 2.24) is 10.2 Å². The van der Waals surface area contributed by atoms with Crippen LogP contribution in [0.15, 0.2) is 35.9 Å². The molecular formula is C31H45IN2O6. The molecule has 3 N–H and O–H groups in total. The van der Waals surface area contributed by atoms with Gasteiger partial charge in [-0.1, -0.05) is 39.3 Å². The number of aliphatic hydroxyl groups excluding tert-OH is 2. The molecule has 2 fully saturated rings. The van der Waals surface area contributed by atoms with Crippen LogP contribution < -0.4 is 10.1 Å². The van der Waals surface area contributed by atoms with Crippen molar-refractivity contribution in [3.05, 3.63) is 39.5 Å². The van der Waals surface area contributed by atoms with Gasteiger partial charge in [0.1, 0.15) is 24.6 Å². The number of hydrogen-bond acceptors (Lipinski definition) is 6. The number of hydrogen-bond donors (Lipinski definition) is 3. The van der Waals surface area contributed by atoms with Gasteiger partial charge in [0, 0.05) is 25.1 Å². The summed E-state index contributed by atoms with van der Waals surface area (Å²) in [5.41, 5.74) is 0.440. The van der Waals surface area contributed by atoms with Crippen molar-refractivity contribution in [2.45, 2.75) is 83.6 Å². The monoisotopic (exact) mass is 668 g/mol. The first-order chi connectivity index (χ1) is 19.2. The Morgan fingerprint density at radius 3 is 2.60 bits per heavy atom. The second-order valence-electron chi connectivity index (χ2n) is 12.1. The molecule has 3 aliphatic rings. The van der Waals surface area contributed by atoms with Gasteiger partial charge in [0.25, 0.3) is 0 Å². The molecule has 6 unspecified atom stereocenters. The van der Waals surface area contributed by atoms with E-state index in [4.69, 9.17) is 9.47 Å². The molecule has 222 valence electrons. The summed E-state index contributed by atoms with van der Waals surface area (Å²) >= 11 is 2.18. The highest BCUT2D eigenvalue weighted by atomic mass is 127. The van der Waals surface area contributed by atoms with E-state index in [0.717, 1.165) is 29.3 Å². The molecule has 3 aliphatic carbocycles. The molecule has 0 bridgehead atoms. The van der Waals surface area contributed by atoms with Crippen LogP contribution in [0.3, 0.4) is 0 Å². The van der Waals surface area contributed by atoms with Crippen molar-refractivity contribution in [3.63, 3.8) is 0 Å². The third-order valence-corrected chi connectivity index (χ3v) is 9.46. The number of carbonyl (C=O) groups is 2. The number of ether oxygens (including phenoxy) is 2. The molecule has 2 saturated carbocycles. The van der Waals surface area contributed by atoms with Gasteiger partial charge in [-0.15, -0.1) is 0 Å². The summed E-state index contributed by atoms with van der Waals surface area (Å²) in [6.45, 7) is 7.14. The van der Waals surface area contributed by atoms with Crippen molar-refractivity contribution in [2.75, 3.05) is 26.3 Å². The molecule has 6 atom stereocenters. The number of carbonyl (C=O) groups excluding carboxylic acids is 2. The van der Waals surface area contributed by atoms with E-state index in [1.807, 2.05) is 24.3 Å². The lowest BCUT2D eigenvalue weighted by Crippen LogP contribution is -2.56. The second kappa shape index (κ2) is 14.5. The Hall–Kier alpha value is -1.69. The zero-order chi connectivity index (χ0) is 28.8. The van der Waals surface area contributed by atoms with E-state index in [0.29, 0.717) is 41.5 Å². The Labute approximate surface area is 252 Å². The summed E-state index contributed by atoms with van der Waals surface area (Å²) in [7, 11) is 0. The van der Waals surface area contributed by atoms with Gasteiger partial charge >= 0.3 is 0 Å². The molecule has 9 heteroatoms. The molecule has 4 rings (SSSR count). The molecule has 0 saturated heterocycles.